The molecule has 0 saturated carbocycles. The predicted octanol–water partition coefficient (Wildman–Crippen LogP) is 3.27. The SMILES string of the molecule is C=C1C=C(N)N=C1/C=C\C=C(/C)c1ccc(C=O)cc1. The van der Waals surface area contributed by atoms with Crippen molar-refractivity contribution in [3.8, 4) is 0 Å². The van der Waals surface area contributed by atoms with Gasteiger partial charge in [0, 0.05) is 5.56 Å². The number of benzene rings is 1. The Bertz CT molecular complexity index is 659. The van der Waals surface area contributed by atoms with Crippen LogP contribution in [0.2, 0.25) is 0 Å². The first-order valence-corrected chi connectivity index (χ1v) is 6.26. The summed E-state index contributed by atoms with van der Waals surface area (Å²) in [7, 11) is 0. The molecule has 3 nitrogen and oxygen atoms in total. The van der Waals surface area contributed by atoms with Gasteiger partial charge >= 0.3 is 0 Å². The van der Waals surface area contributed by atoms with Gasteiger partial charge in [-0.3, -0.25) is 4.79 Å². The maximum Gasteiger partial charge on any atom is 0.150 e. The Balaban J connectivity index is 2.09. The highest BCUT2D eigenvalue weighted by molar-refractivity contribution is 6.12. The van der Waals surface area contributed by atoms with Gasteiger partial charge in [-0.1, -0.05) is 43.0 Å². The Hall–Kier alpha value is -2.68. The Morgan fingerprint density at radius 1 is 1.30 bits per heavy atom. The van der Waals surface area contributed by atoms with E-state index in [1.54, 1.807) is 18.2 Å². The number of nitrogens with two attached hydrogens (primary N) is 1. The van der Waals surface area contributed by atoms with E-state index in [4.69, 9.17) is 5.73 Å². The third-order valence-corrected chi connectivity index (χ3v) is 3.00. The van der Waals surface area contributed by atoms with Crippen molar-refractivity contribution in [2.24, 2.45) is 10.7 Å². The summed E-state index contributed by atoms with van der Waals surface area (Å²) in [6.07, 6.45) is 8.36. The third-order valence-electron chi connectivity index (χ3n) is 3.00. The average molecular weight is 264 g/mol. The highest BCUT2D eigenvalue weighted by Crippen LogP contribution is 2.15. The fraction of sp³-hybridized carbons (Fsp3) is 0.0588. The highest BCUT2D eigenvalue weighted by atomic mass is 16.1. The van der Waals surface area contributed by atoms with Gasteiger partial charge in [-0.15, -0.1) is 0 Å². The molecule has 0 radical (unpaired) electrons. The van der Waals surface area contributed by atoms with Crippen LogP contribution in [0.5, 0.6) is 0 Å². The van der Waals surface area contributed by atoms with Gasteiger partial charge in [0.1, 0.15) is 12.1 Å². The molecule has 0 aliphatic carbocycles. The summed E-state index contributed by atoms with van der Waals surface area (Å²) >= 11 is 0. The third kappa shape index (κ3) is 3.20. The zero-order chi connectivity index (χ0) is 14.5. The summed E-state index contributed by atoms with van der Waals surface area (Å²) < 4.78 is 0. The van der Waals surface area contributed by atoms with E-state index in [1.807, 2.05) is 37.3 Å². The lowest BCUT2D eigenvalue weighted by molar-refractivity contribution is 0.112. The van der Waals surface area contributed by atoms with Gasteiger partial charge in [0.15, 0.2) is 0 Å². The van der Waals surface area contributed by atoms with Gasteiger partial charge in [-0.25, -0.2) is 4.99 Å². The molecular weight excluding hydrogens is 248 g/mol. The molecule has 0 fully saturated rings. The standard InChI is InChI=1S/C17H16N2O/c1-12(15-8-6-14(11-20)7-9-15)4-3-5-16-13(2)10-17(18)19-16/h3-11H,2,18H2,1H3/b5-3-,12-4+. The minimum atomic E-state index is 0.486. The van der Waals surface area contributed by atoms with Crippen molar-refractivity contribution in [1.29, 1.82) is 0 Å². The molecule has 1 aromatic carbocycles. The minimum Gasteiger partial charge on any atom is -0.384 e. The fourth-order valence-corrected chi connectivity index (χ4v) is 1.84. The van der Waals surface area contributed by atoms with E-state index in [0.29, 0.717) is 11.4 Å². The second kappa shape index (κ2) is 5.97. The van der Waals surface area contributed by atoms with Gasteiger partial charge in [0.05, 0.1) is 5.71 Å². The van der Waals surface area contributed by atoms with Gasteiger partial charge in [-0.2, -0.15) is 0 Å². The zero-order valence-electron chi connectivity index (χ0n) is 11.3. The van der Waals surface area contributed by atoms with E-state index in [-0.39, 0.29) is 0 Å². The lowest BCUT2D eigenvalue weighted by Crippen LogP contribution is -1.91. The second-order valence-electron chi connectivity index (χ2n) is 4.54. The number of nitrogens with zero attached hydrogens (tertiary/aromatic N) is 1. The first-order valence-electron chi connectivity index (χ1n) is 6.26. The van der Waals surface area contributed by atoms with Gasteiger partial charge in [0.2, 0.25) is 0 Å². The van der Waals surface area contributed by atoms with Crippen molar-refractivity contribution in [1.82, 2.24) is 0 Å². The molecule has 2 rings (SSSR count). The van der Waals surface area contributed by atoms with Crippen molar-refractivity contribution >= 4 is 17.6 Å². The van der Waals surface area contributed by atoms with Gasteiger partial charge in [-0.05, 0) is 35.8 Å². The normalized spacial score (nSPS) is 15.4. The van der Waals surface area contributed by atoms with E-state index in [1.165, 1.54) is 0 Å². The van der Waals surface area contributed by atoms with Crippen LogP contribution >= 0.6 is 0 Å². The van der Waals surface area contributed by atoms with Crippen molar-refractivity contribution in [2.45, 2.75) is 6.92 Å². The van der Waals surface area contributed by atoms with Crippen molar-refractivity contribution in [3.63, 3.8) is 0 Å². The van der Waals surface area contributed by atoms with Crippen LogP contribution in [0.15, 0.2) is 71.5 Å². The molecule has 1 heterocycles. The molecule has 0 atom stereocenters. The molecule has 100 valence electrons. The number of carbonyl (C=O) groups excluding carboxylic acids is 1. The number of aldehydes is 1. The molecule has 0 bridgehead atoms. The summed E-state index contributed by atoms with van der Waals surface area (Å²) in [6, 6.07) is 7.46. The van der Waals surface area contributed by atoms with Crippen LogP contribution in [0.1, 0.15) is 22.8 Å². The largest absolute Gasteiger partial charge is 0.384 e. The molecular formula is C17H16N2O. The fourth-order valence-electron chi connectivity index (χ4n) is 1.84. The molecule has 0 aromatic heterocycles. The lowest BCUT2D eigenvalue weighted by Gasteiger charge is -2.00. The maximum atomic E-state index is 10.6. The molecule has 1 aromatic rings. The maximum absolute atomic E-state index is 10.6. The van der Waals surface area contributed by atoms with Crippen LogP contribution in [0.4, 0.5) is 0 Å². The van der Waals surface area contributed by atoms with Crippen LogP contribution in [-0.4, -0.2) is 12.0 Å². The quantitative estimate of drug-likeness (QED) is 0.670. The van der Waals surface area contributed by atoms with Crippen molar-refractivity contribution in [3.05, 3.63) is 77.7 Å². The first kappa shape index (κ1) is 13.7. The molecule has 0 saturated heterocycles. The summed E-state index contributed by atoms with van der Waals surface area (Å²) in [6.45, 7) is 5.88. The van der Waals surface area contributed by atoms with Crippen LogP contribution in [0.3, 0.4) is 0 Å². The summed E-state index contributed by atoms with van der Waals surface area (Å²) in [5.41, 5.74) is 10.1. The van der Waals surface area contributed by atoms with Crippen molar-refractivity contribution in [2.75, 3.05) is 0 Å². The number of carbonyl (C=O) groups is 1. The van der Waals surface area contributed by atoms with Gasteiger partial charge < -0.3 is 5.73 Å². The summed E-state index contributed by atoms with van der Waals surface area (Å²) in [4.78, 5) is 14.8. The Labute approximate surface area is 118 Å². The van der Waals surface area contributed by atoms with Crippen LogP contribution in [-0.2, 0) is 0 Å². The molecule has 0 amide bonds. The summed E-state index contributed by atoms with van der Waals surface area (Å²) in [5, 5.41) is 0. The topological polar surface area (TPSA) is 55.4 Å². The van der Waals surface area contributed by atoms with E-state index in [0.717, 1.165) is 28.7 Å². The van der Waals surface area contributed by atoms with E-state index >= 15 is 0 Å². The van der Waals surface area contributed by atoms with Crippen molar-refractivity contribution < 1.29 is 4.79 Å². The highest BCUT2D eigenvalue weighted by Gasteiger charge is 2.06. The van der Waals surface area contributed by atoms with Crippen LogP contribution in [0, 0.1) is 0 Å². The smallest absolute Gasteiger partial charge is 0.150 e. The van der Waals surface area contributed by atoms with E-state index in [9.17, 15) is 4.79 Å². The minimum absolute atomic E-state index is 0.486. The average Bonchev–Trinajstić information content (AvgIpc) is 2.77. The first-order chi connectivity index (χ1) is 9.60. The molecule has 1 aliphatic rings. The zero-order valence-corrected chi connectivity index (χ0v) is 11.3. The van der Waals surface area contributed by atoms with Crippen LogP contribution < -0.4 is 5.73 Å². The molecule has 2 N–H and O–H groups in total. The summed E-state index contributed by atoms with van der Waals surface area (Å²) in [5.74, 6) is 0.486. The molecule has 0 spiro atoms. The Morgan fingerprint density at radius 3 is 2.55 bits per heavy atom. The van der Waals surface area contributed by atoms with Gasteiger partial charge in [0.25, 0.3) is 0 Å². The predicted molar refractivity (Wildman–Crippen MR) is 83.5 cm³/mol. The number of hydrogen-bond acceptors (Lipinski definition) is 3. The number of rotatable bonds is 4. The Morgan fingerprint density at radius 2 is 2.00 bits per heavy atom. The van der Waals surface area contributed by atoms with E-state index < -0.39 is 0 Å². The molecule has 3 heteroatoms. The van der Waals surface area contributed by atoms with Crippen LogP contribution in [0.25, 0.3) is 5.57 Å². The lowest BCUT2D eigenvalue weighted by atomic mass is 10.1. The van der Waals surface area contributed by atoms with E-state index in [2.05, 4.69) is 11.6 Å². The Kier molecular flexibility index (Phi) is 4.11. The molecule has 0 unspecified atom stereocenters. The monoisotopic (exact) mass is 264 g/mol. The molecule has 1 aliphatic heterocycles. The molecule has 20 heavy (non-hydrogen) atoms. The number of allylic oxidation sites excluding steroid dienone is 6. The number of hydrogen-bond donors (Lipinski definition) is 1. The number of aliphatic imine (C=N–C) groups is 1. The second-order valence-corrected chi connectivity index (χ2v) is 4.54.